The van der Waals surface area contributed by atoms with Crippen LogP contribution >= 0.6 is 0 Å². The van der Waals surface area contributed by atoms with Crippen molar-refractivity contribution < 1.29 is 4.79 Å². The van der Waals surface area contributed by atoms with Gasteiger partial charge in [0.05, 0.1) is 0 Å². The van der Waals surface area contributed by atoms with Gasteiger partial charge in [-0.05, 0) is 38.1 Å². The molecule has 0 aliphatic heterocycles. The molecule has 1 amide bonds. The van der Waals surface area contributed by atoms with Crippen molar-refractivity contribution in [3.8, 4) is 22.6 Å². The quantitative estimate of drug-likeness (QED) is 0.539. The Morgan fingerprint density at radius 2 is 1.94 bits per heavy atom. The summed E-state index contributed by atoms with van der Waals surface area (Å²) >= 11 is 0. The first kappa shape index (κ1) is 20.2. The summed E-state index contributed by atoms with van der Waals surface area (Å²) in [7, 11) is 1.61. The molecule has 8 nitrogen and oxygen atoms in total. The number of amides is 1. The lowest BCUT2D eigenvalue weighted by molar-refractivity contribution is 0.102. The number of hydrogen-bond donors (Lipinski definition) is 1. The van der Waals surface area contributed by atoms with E-state index in [9.17, 15) is 9.59 Å². The number of carbonyl (C=O) groups excluding carboxylic acids is 1. The summed E-state index contributed by atoms with van der Waals surface area (Å²) in [6.07, 6.45) is 8.64. The minimum Gasteiger partial charge on any atom is -0.327 e. The van der Waals surface area contributed by atoms with E-state index in [1.165, 1.54) is 4.57 Å². The van der Waals surface area contributed by atoms with Gasteiger partial charge in [-0.25, -0.2) is 9.97 Å². The van der Waals surface area contributed by atoms with Crippen LogP contribution < -0.4 is 10.9 Å². The Balaban J connectivity index is 1.66. The zero-order valence-electron chi connectivity index (χ0n) is 17.5. The Hall–Kier alpha value is -4.07. The lowest BCUT2D eigenvalue weighted by atomic mass is 10.1. The molecule has 0 radical (unpaired) electrons. The molecule has 0 saturated carbocycles. The molecule has 4 aromatic rings. The van der Waals surface area contributed by atoms with Crippen molar-refractivity contribution >= 4 is 11.7 Å². The van der Waals surface area contributed by atoms with Crippen LogP contribution in [-0.4, -0.2) is 30.0 Å². The first-order valence-corrected chi connectivity index (χ1v) is 9.86. The van der Waals surface area contributed by atoms with Gasteiger partial charge < -0.3 is 14.5 Å². The summed E-state index contributed by atoms with van der Waals surface area (Å²) in [5.41, 5.74) is 1.80. The van der Waals surface area contributed by atoms with Gasteiger partial charge in [-0.3, -0.25) is 14.6 Å². The van der Waals surface area contributed by atoms with Crippen LogP contribution in [-0.2, 0) is 7.05 Å². The van der Waals surface area contributed by atoms with Gasteiger partial charge in [0.25, 0.3) is 11.5 Å². The number of aromatic nitrogens is 5. The van der Waals surface area contributed by atoms with Gasteiger partial charge in [-0.2, -0.15) is 0 Å². The lowest BCUT2D eigenvalue weighted by Gasteiger charge is -2.12. The van der Waals surface area contributed by atoms with E-state index in [1.807, 2.05) is 22.9 Å². The third-order valence-corrected chi connectivity index (χ3v) is 4.87. The number of imidazole rings is 1. The normalized spacial score (nSPS) is 11.0. The number of carbonyl (C=O) groups is 1. The number of pyridine rings is 3. The Bertz CT molecular complexity index is 1290. The zero-order chi connectivity index (χ0) is 22.0. The fourth-order valence-electron chi connectivity index (χ4n) is 3.31. The van der Waals surface area contributed by atoms with E-state index < -0.39 is 11.5 Å². The summed E-state index contributed by atoms with van der Waals surface area (Å²) in [6, 6.07) is 10.8. The maximum absolute atomic E-state index is 12.9. The Kier molecular flexibility index (Phi) is 5.44. The molecule has 0 aromatic carbocycles. The van der Waals surface area contributed by atoms with Crippen LogP contribution in [0.2, 0.25) is 0 Å². The number of aryl methyl sites for hydroxylation is 1. The van der Waals surface area contributed by atoms with E-state index in [1.54, 1.807) is 56.1 Å². The molecule has 0 saturated heterocycles. The molecule has 0 aliphatic rings. The van der Waals surface area contributed by atoms with E-state index in [0.717, 1.165) is 11.1 Å². The Labute approximate surface area is 179 Å². The number of anilines is 1. The van der Waals surface area contributed by atoms with E-state index in [4.69, 9.17) is 0 Å². The average molecular weight is 414 g/mol. The second kappa shape index (κ2) is 8.35. The smallest absolute Gasteiger partial charge is 0.263 e. The van der Waals surface area contributed by atoms with E-state index >= 15 is 0 Å². The van der Waals surface area contributed by atoms with Crippen molar-refractivity contribution in [2.24, 2.45) is 7.05 Å². The minimum atomic E-state index is -0.525. The van der Waals surface area contributed by atoms with E-state index in [-0.39, 0.29) is 11.6 Å². The highest BCUT2D eigenvalue weighted by Crippen LogP contribution is 2.21. The topological polar surface area (TPSA) is 94.7 Å². The fraction of sp³-hybridized carbons (Fsp3) is 0.174. The molecule has 4 rings (SSSR count). The van der Waals surface area contributed by atoms with Crippen molar-refractivity contribution in [1.82, 2.24) is 24.1 Å². The van der Waals surface area contributed by atoms with Gasteiger partial charge in [0, 0.05) is 55.2 Å². The predicted octanol–water partition coefficient (Wildman–Crippen LogP) is 3.54. The minimum absolute atomic E-state index is 0.0275. The third-order valence-electron chi connectivity index (χ3n) is 4.87. The molecule has 0 fully saturated rings. The van der Waals surface area contributed by atoms with Gasteiger partial charge in [0.2, 0.25) is 0 Å². The van der Waals surface area contributed by atoms with Gasteiger partial charge in [0.15, 0.2) is 5.82 Å². The molecule has 0 spiro atoms. The maximum atomic E-state index is 12.9. The van der Waals surface area contributed by atoms with Gasteiger partial charge in [-0.15, -0.1) is 0 Å². The lowest BCUT2D eigenvalue weighted by Crippen LogP contribution is -2.27. The summed E-state index contributed by atoms with van der Waals surface area (Å²) in [5, 5.41) is 2.74. The molecule has 0 unspecified atom stereocenters. The van der Waals surface area contributed by atoms with Crippen LogP contribution in [0.4, 0.5) is 5.82 Å². The number of nitrogens with zero attached hydrogens (tertiary/aromatic N) is 5. The van der Waals surface area contributed by atoms with Crippen molar-refractivity contribution in [2.45, 2.75) is 19.9 Å². The monoisotopic (exact) mass is 414 g/mol. The van der Waals surface area contributed by atoms with Gasteiger partial charge in [0.1, 0.15) is 17.1 Å². The fourth-order valence-corrected chi connectivity index (χ4v) is 3.31. The predicted molar refractivity (Wildman–Crippen MR) is 119 cm³/mol. The van der Waals surface area contributed by atoms with Gasteiger partial charge >= 0.3 is 0 Å². The summed E-state index contributed by atoms with van der Waals surface area (Å²) < 4.78 is 3.39. The molecule has 8 heteroatoms. The molecule has 0 bridgehead atoms. The SMILES string of the molecule is CC(C)n1ccnc1-c1cccc(NC(=O)c2cc(-c3cccnc3)cn(C)c2=O)n1. The highest BCUT2D eigenvalue weighted by molar-refractivity contribution is 6.04. The third kappa shape index (κ3) is 4.13. The van der Waals surface area contributed by atoms with Crippen LogP contribution in [0.15, 0.2) is 72.2 Å². The Morgan fingerprint density at radius 1 is 1.10 bits per heavy atom. The maximum Gasteiger partial charge on any atom is 0.263 e. The molecule has 4 heterocycles. The largest absolute Gasteiger partial charge is 0.327 e. The van der Waals surface area contributed by atoms with E-state index in [2.05, 4.69) is 34.1 Å². The van der Waals surface area contributed by atoms with Crippen LogP contribution in [0.25, 0.3) is 22.6 Å². The second-order valence-electron chi connectivity index (χ2n) is 7.41. The van der Waals surface area contributed by atoms with Crippen molar-refractivity contribution in [1.29, 1.82) is 0 Å². The van der Waals surface area contributed by atoms with Crippen molar-refractivity contribution in [2.75, 3.05) is 5.32 Å². The first-order valence-electron chi connectivity index (χ1n) is 9.86. The Morgan fingerprint density at radius 3 is 2.68 bits per heavy atom. The molecule has 4 aromatic heterocycles. The number of hydrogen-bond acceptors (Lipinski definition) is 5. The van der Waals surface area contributed by atoms with Crippen LogP contribution in [0.3, 0.4) is 0 Å². The van der Waals surface area contributed by atoms with Crippen molar-refractivity contribution in [3.05, 3.63) is 83.3 Å². The highest BCUT2D eigenvalue weighted by Gasteiger charge is 2.16. The first-order chi connectivity index (χ1) is 14.9. The van der Waals surface area contributed by atoms with Crippen LogP contribution in [0, 0.1) is 0 Å². The molecule has 0 aliphatic carbocycles. The van der Waals surface area contributed by atoms with Gasteiger partial charge in [-0.1, -0.05) is 12.1 Å². The average Bonchev–Trinajstić information content (AvgIpc) is 3.27. The second-order valence-corrected chi connectivity index (χ2v) is 7.41. The number of rotatable bonds is 5. The summed E-state index contributed by atoms with van der Waals surface area (Å²) in [4.78, 5) is 38.6. The van der Waals surface area contributed by atoms with E-state index in [0.29, 0.717) is 17.3 Å². The molecule has 0 atom stereocenters. The van der Waals surface area contributed by atoms with Crippen LogP contribution in [0.1, 0.15) is 30.2 Å². The molecule has 156 valence electrons. The zero-order valence-corrected chi connectivity index (χ0v) is 17.5. The molecule has 1 N–H and O–H groups in total. The van der Waals surface area contributed by atoms with Crippen LogP contribution in [0.5, 0.6) is 0 Å². The molecular formula is C23H22N6O2. The molecule has 31 heavy (non-hydrogen) atoms. The summed E-state index contributed by atoms with van der Waals surface area (Å²) in [5.74, 6) is 0.526. The molecular weight excluding hydrogens is 392 g/mol. The standard InChI is InChI=1S/C23H22N6O2/c1-15(2)29-11-10-25-21(29)19-7-4-8-20(26-19)27-22(30)18-12-17(14-28(3)23(18)31)16-6-5-9-24-13-16/h4-15H,1-3H3,(H,26,27,30). The highest BCUT2D eigenvalue weighted by atomic mass is 16.2. The van der Waals surface area contributed by atoms with Crippen molar-refractivity contribution in [3.63, 3.8) is 0 Å². The number of nitrogens with one attached hydrogen (secondary N) is 1. The summed E-state index contributed by atoms with van der Waals surface area (Å²) in [6.45, 7) is 4.11.